The van der Waals surface area contributed by atoms with Gasteiger partial charge in [0.05, 0.1) is 5.69 Å². The molecule has 0 aliphatic heterocycles. The summed E-state index contributed by atoms with van der Waals surface area (Å²) in [5.74, 6) is 0. The van der Waals surface area contributed by atoms with Crippen LogP contribution < -0.4 is 10.0 Å². The Bertz CT molecular complexity index is 541. The van der Waals surface area contributed by atoms with Crippen molar-refractivity contribution in [1.29, 1.82) is 0 Å². The van der Waals surface area contributed by atoms with Gasteiger partial charge in [-0.3, -0.25) is 4.72 Å². The first-order valence-electron chi connectivity index (χ1n) is 6.12. The van der Waals surface area contributed by atoms with Gasteiger partial charge in [-0.25, -0.2) is 0 Å². The predicted molar refractivity (Wildman–Crippen MR) is 90.3 cm³/mol. The Hall–Kier alpha value is -0.150. The molecule has 0 fully saturated rings. The molecule has 8 heteroatoms. The topological polar surface area (TPSA) is 61.4 Å². The molecule has 0 atom stereocenters. The van der Waals surface area contributed by atoms with E-state index in [1.54, 1.807) is 7.05 Å². The summed E-state index contributed by atoms with van der Waals surface area (Å²) in [7, 11) is -0.152. The van der Waals surface area contributed by atoms with Crippen molar-refractivity contribution in [2.45, 2.75) is 13.3 Å². The highest BCUT2D eigenvalue weighted by molar-refractivity contribution is 9.11. The molecule has 0 aliphatic carbocycles. The number of hydrogen-bond acceptors (Lipinski definition) is 3. The predicted octanol–water partition coefficient (Wildman–Crippen LogP) is 2.72. The highest BCUT2D eigenvalue weighted by Crippen LogP contribution is 2.33. The van der Waals surface area contributed by atoms with E-state index in [1.165, 1.54) is 4.31 Å². The van der Waals surface area contributed by atoms with Gasteiger partial charge in [0.1, 0.15) is 0 Å². The molecule has 0 heterocycles. The van der Waals surface area contributed by atoms with E-state index >= 15 is 0 Å². The van der Waals surface area contributed by atoms with Gasteiger partial charge in [-0.05, 0) is 76.5 Å². The number of anilines is 1. The van der Waals surface area contributed by atoms with Crippen LogP contribution in [0.2, 0.25) is 0 Å². The van der Waals surface area contributed by atoms with Crippen LogP contribution in [0.3, 0.4) is 0 Å². The van der Waals surface area contributed by atoms with E-state index in [2.05, 4.69) is 41.9 Å². The molecule has 0 amide bonds. The summed E-state index contributed by atoms with van der Waals surface area (Å²) in [5, 5.41) is 2.99. The second-order valence-corrected chi connectivity index (χ2v) is 7.98. The minimum Gasteiger partial charge on any atom is -0.320 e. The van der Waals surface area contributed by atoms with Crippen molar-refractivity contribution in [2.75, 3.05) is 31.9 Å². The van der Waals surface area contributed by atoms with Gasteiger partial charge in [0, 0.05) is 22.5 Å². The number of hydrogen-bond donors (Lipinski definition) is 2. The number of halogens is 2. The fourth-order valence-corrected chi connectivity index (χ4v) is 4.48. The molecular weight excluding hydrogens is 410 g/mol. The van der Waals surface area contributed by atoms with E-state index in [-0.39, 0.29) is 0 Å². The lowest BCUT2D eigenvalue weighted by atomic mass is 10.2. The first-order valence-corrected chi connectivity index (χ1v) is 9.15. The van der Waals surface area contributed by atoms with E-state index in [0.717, 1.165) is 18.5 Å². The van der Waals surface area contributed by atoms with Gasteiger partial charge in [0.25, 0.3) is 0 Å². The van der Waals surface area contributed by atoms with Crippen molar-refractivity contribution in [3.8, 4) is 0 Å². The van der Waals surface area contributed by atoms with Gasteiger partial charge in [0.2, 0.25) is 0 Å². The van der Waals surface area contributed by atoms with Crippen molar-refractivity contribution in [1.82, 2.24) is 9.62 Å². The average Bonchev–Trinajstić information content (AvgIpc) is 2.34. The molecule has 0 aromatic heterocycles. The normalized spacial score (nSPS) is 11.9. The zero-order valence-corrected chi connectivity index (χ0v) is 15.7. The summed E-state index contributed by atoms with van der Waals surface area (Å²) >= 11 is 6.76. The first kappa shape index (κ1) is 17.9. The van der Waals surface area contributed by atoms with Crippen molar-refractivity contribution in [2.24, 2.45) is 0 Å². The molecular formula is C12H19Br2N3O2S. The van der Waals surface area contributed by atoms with Crippen LogP contribution in [-0.2, 0) is 10.2 Å². The molecule has 0 saturated carbocycles. The van der Waals surface area contributed by atoms with E-state index in [0.29, 0.717) is 21.2 Å². The largest absolute Gasteiger partial charge is 0.320 e. The van der Waals surface area contributed by atoms with Crippen molar-refractivity contribution < 1.29 is 8.42 Å². The van der Waals surface area contributed by atoms with E-state index in [9.17, 15) is 8.42 Å². The third kappa shape index (κ3) is 5.00. The third-order valence-corrected chi connectivity index (χ3v) is 5.44. The number of aryl methyl sites for hydroxylation is 1. The van der Waals surface area contributed by atoms with Gasteiger partial charge in [0.15, 0.2) is 0 Å². The molecule has 114 valence electrons. The smallest absolute Gasteiger partial charge is 0.301 e. The standard InChI is InChI=1S/C12H19Br2N3O2S/c1-9-7-10(13)12(11(14)8-9)16-20(18,19)17(3)6-4-5-15-2/h7-8,15-16H,4-6H2,1-3H3. The average molecular weight is 429 g/mol. The van der Waals surface area contributed by atoms with Crippen LogP contribution in [-0.4, -0.2) is 39.9 Å². The maximum absolute atomic E-state index is 12.2. The minimum atomic E-state index is -3.56. The van der Waals surface area contributed by atoms with Crippen LogP contribution in [0.15, 0.2) is 21.1 Å². The van der Waals surface area contributed by atoms with E-state index in [1.807, 2.05) is 26.1 Å². The molecule has 2 N–H and O–H groups in total. The summed E-state index contributed by atoms with van der Waals surface area (Å²) in [6.07, 6.45) is 0.754. The summed E-state index contributed by atoms with van der Waals surface area (Å²) in [5.41, 5.74) is 1.55. The van der Waals surface area contributed by atoms with Crippen molar-refractivity contribution in [3.05, 3.63) is 26.6 Å². The number of nitrogens with zero attached hydrogens (tertiary/aromatic N) is 1. The Morgan fingerprint density at radius 2 is 1.80 bits per heavy atom. The second-order valence-electron chi connectivity index (χ2n) is 4.49. The Kier molecular flexibility index (Phi) is 6.93. The molecule has 0 unspecified atom stereocenters. The molecule has 20 heavy (non-hydrogen) atoms. The lowest BCUT2D eigenvalue weighted by molar-refractivity contribution is 0.462. The second kappa shape index (κ2) is 7.74. The van der Waals surface area contributed by atoms with Crippen LogP contribution in [0.25, 0.3) is 0 Å². The summed E-state index contributed by atoms with van der Waals surface area (Å²) in [4.78, 5) is 0. The number of rotatable bonds is 7. The fourth-order valence-electron chi connectivity index (χ4n) is 1.60. The molecule has 0 aliphatic rings. The van der Waals surface area contributed by atoms with Crippen LogP contribution in [0.1, 0.15) is 12.0 Å². The monoisotopic (exact) mass is 427 g/mol. The lowest BCUT2D eigenvalue weighted by Gasteiger charge is -2.19. The zero-order valence-electron chi connectivity index (χ0n) is 11.7. The molecule has 0 spiro atoms. The maximum Gasteiger partial charge on any atom is 0.301 e. The molecule has 1 aromatic carbocycles. The maximum atomic E-state index is 12.2. The van der Waals surface area contributed by atoms with Crippen molar-refractivity contribution in [3.63, 3.8) is 0 Å². The van der Waals surface area contributed by atoms with E-state index < -0.39 is 10.2 Å². The fraction of sp³-hybridized carbons (Fsp3) is 0.500. The zero-order chi connectivity index (χ0) is 15.3. The summed E-state index contributed by atoms with van der Waals surface area (Å²) in [6, 6.07) is 3.73. The molecule has 1 rings (SSSR count). The Balaban J connectivity index is 2.86. The highest BCUT2D eigenvalue weighted by Gasteiger charge is 2.19. The van der Waals surface area contributed by atoms with Gasteiger partial charge in [-0.2, -0.15) is 12.7 Å². The quantitative estimate of drug-likeness (QED) is 0.656. The van der Waals surface area contributed by atoms with E-state index in [4.69, 9.17) is 0 Å². The highest BCUT2D eigenvalue weighted by atomic mass is 79.9. The van der Waals surface area contributed by atoms with Crippen LogP contribution >= 0.6 is 31.9 Å². The van der Waals surface area contributed by atoms with Gasteiger partial charge in [-0.1, -0.05) is 0 Å². The van der Waals surface area contributed by atoms with Gasteiger partial charge in [-0.15, -0.1) is 0 Å². The Labute approximate surface area is 137 Å². The number of benzene rings is 1. The SMILES string of the molecule is CNCCCN(C)S(=O)(=O)Nc1c(Br)cc(C)cc1Br. The van der Waals surface area contributed by atoms with Crippen molar-refractivity contribution >= 4 is 47.8 Å². The first-order chi connectivity index (χ1) is 9.27. The summed E-state index contributed by atoms with van der Waals surface area (Å²) < 4.78 is 29.8. The molecule has 1 aromatic rings. The third-order valence-electron chi connectivity index (χ3n) is 2.73. The van der Waals surface area contributed by atoms with Gasteiger partial charge < -0.3 is 5.32 Å². The number of nitrogens with one attached hydrogen (secondary N) is 2. The molecule has 0 bridgehead atoms. The molecule has 5 nitrogen and oxygen atoms in total. The summed E-state index contributed by atoms with van der Waals surface area (Å²) in [6.45, 7) is 3.17. The molecule has 0 radical (unpaired) electrons. The van der Waals surface area contributed by atoms with Crippen LogP contribution in [0.4, 0.5) is 5.69 Å². The van der Waals surface area contributed by atoms with Crippen LogP contribution in [0, 0.1) is 6.92 Å². The van der Waals surface area contributed by atoms with Gasteiger partial charge >= 0.3 is 10.2 Å². The molecule has 0 saturated heterocycles. The minimum absolute atomic E-state index is 0.456. The van der Waals surface area contributed by atoms with Crippen LogP contribution in [0.5, 0.6) is 0 Å². The lowest BCUT2D eigenvalue weighted by Crippen LogP contribution is -2.34. The Morgan fingerprint density at radius 1 is 1.25 bits per heavy atom. The Morgan fingerprint density at radius 3 is 2.30 bits per heavy atom.